The van der Waals surface area contributed by atoms with Crippen LogP contribution >= 0.6 is 0 Å². The van der Waals surface area contributed by atoms with Gasteiger partial charge in [-0.2, -0.15) is 0 Å². The van der Waals surface area contributed by atoms with Crippen LogP contribution < -0.4 is 10.6 Å². The summed E-state index contributed by atoms with van der Waals surface area (Å²) in [6, 6.07) is 4.29. The van der Waals surface area contributed by atoms with E-state index in [9.17, 15) is 4.79 Å². The molecule has 0 aromatic carbocycles. The molecule has 21 heavy (non-hydrogen) atoms. The van der Waals surface area contributed by atoms with Crippen LogP contribution in [0.25, 0.3) is 0 Å². The van der Waals surface area contributed by atoms with E-state index in [1.165, 1.54) is 0 Å². The van der Waals surface area contributed by atoms with E-state index in [0.717, 1.165) is 58.1 Å². The van der Waals surface area contributed by atoms with Crippen molar-refractivity contribution in [2.24, 2.45) is 5.73 Å². The molecule has 3 heterocycles. The number of ether oxygens (including phenoxy) is 1. The van der Waals surface area contributed by atoms with Crippen LogP contribution in [0.3, 0.4) is 0 Å². The molecule has 0 radical (unpaired) electrons. The number of hydrogen-bond acceptors (Lipinski definition) is 5. The van der Waals surface area contributed by atoms with Crippen molar-refractivity contribution in [2.45, 2.75) is 18.9 Å². The van der Waals surface area contributed by atoms with Gasteiger partial charge >= 0.3 is 0 Å². The fourth-order valence-electron chi connectivity index (χ4n) is 3.12. The zero-order valence-electron chi connectivity index (χ0n) is 12.2. The second-order valence-corrected chi connectivity index (χ2v) is 5.64. The molecule has 2 N–H and O–H groups in total. The van der Waals surface area contributed by atoms with E-state index in [4.69, 9.17) is 10.5 Å². The number of piperidine rings is 1. The molecule has 0 aliphatic carbocycles. The minimum atomic E-state index is -0.430. The van der Waals surface area contributed by atoms with E-state index in [0.29, 0.717) is 11.6 Å². The summed E-state index contributed by atoms with van der Waals surface area (Å²) in [5, 5.41) is 0. The summed E-state index contributed by atoms with van der Waals surface area (Å²) < 4.78 is 5.41. The third kappa shape index (κ3) is 3.33. The zero-order valence-corrected chi connectivity index (χ0v) is 12.2. The topological polar surface area (TPSA) is 71.7 Å². The molecule has 1 aromatic heterocycles. The van der Waals surface area contributed by atoms with Gasteiger partial charge in [-0.15, -0.1) is 0 Å². The van der Waals surface area contributed by atoms with Crippen LogP contribution in [0, 0.1) is 0 Å². The Hall–Kier alpha value is -1.66. The van der Waals surface area contributed by atoms with E-state index in [-0.39, 0.29) is 0 Å². The van der Waals surface area contributed by atoms with Crippen molar-refractivity contribution in [1.29, 1.82) is 0 Å². The normalized spacial score (nSPS) is 21.4. The maximum Gasteiger partial charge on any atom is 0.250 e. The highest BCUT2D eigenvalue weighted by atomic mass is 16.5. The summed E-state index contributed by atoms with van der Waals surface area (Å²) in [6.45, 7) is 5.83. The molecule has 3 rings (SSSR count). The summed E-state index contributed by atoms with van der Waals surface area (Å²) in [5.74, 6) is 0.500. The lowest BCUT2D eigenvalue weighted by molar-refractivity contribution is 0.0115. The first-order valence-electron chi connectivity index (χ1n) is 7.56. The van der Waals surface area contributed by atoms with Gasteiger partial charge in [0.1, 0.15) is 5.82 Å². The second kappa shape index (κ2) is 6.41. The number of carbonyl (C=O) groups excluding carboxylic acids is 1. The number of carbonyl (C=O) groups is 1. The standard InChI is InChI=1S/C15H22N4O2/c16-15(20)12-1-2-14(17-11-12)19-5-3-13(4-6-19)18-7-9-21-10-8-18/h1-2,11,13H,3-10H2,(H2,16,20). The Kier molecular flexibility index (Phi) is 4.36. The first kappa shape index (κ1) is 14.3. The van der Waals surface area contributed by atoms with Crippen LogP contribution in [0.15, 0.2) is 18.3 Å². The highest BCUT2D eigenvalue weighted by molar-refractivity contribution is 5.92. The van der Waals surface area contributed by atoms with Crippen molar-refractivity contribution in [3.8, 4) is 0 Å². The molecule has 6 nitrogen and oxygen atoms in total. The van der Waals surface area contributed by atoms with E-state index in [2.05, 4.69) is 14.8 Å². The molecule has 0 spiro atoms. The van der Waals surface area contributed by atoms with Crippen molar-refractivity contribution in [3.05, 3.63) is 23.9 Å². The molecule has 2 fully saturated rings. The number of rotatable bonds is 3. The van der Waals surface area contributed by atoms with Crippen molar-refractivity contribution in [1.82, 2.24) is 9.88 Å². The summed E-state index contributed by atoms with van der Waals surface area (Å²) in [7, 11) is 0. The molecule has 1 amide bonds. The monoisotopic (exact) mass is 290 g/mol. The number of anilines is 1. The first-order valence-corrected chi connectivity index (χ1v) is 7.56. The summed E-state index contributed by atoms with van der Waals surface area (Å²) >= 11 is 0. The smallest absolute Gasteiger partial charge is 0.250 e. The summed E-state index contributed by atoms with van der Waals surface area (Å²) in [4.78, 5) is 20.2. The Morgan fingerprint density at radius 2 is 1.90 bits per heavy atom. The van der Waals surface area contributed by atoms with Gasteiger partial charge in [-0.05, 0) is 25.0 Å². The Labute approximate surface area is 124 Å². The SMILES string of the molecule is NC(=O)c1ccc(N2CCC(N3CCOCC3)CC2)nc1. The fourth-order valence-corrected chi connectivity index (χ4v) is 3.12. The molecule has 2 aliphatic heterocycles. The maximum atomic E-state index is 11.1. The largest absolute Gasteiger partial charge is 0.379 e. The number of hydrogen-bond donors (Lipinski definition) is 1. The molecule has 0 atom stereocenters. The molecular formula is C15H22N4O2. The van der Waals surface area contributed by atoms with Crippen LogP contribution in [-0.4, -0.2) is 61.2 Å². The van der Waals surface area contributed by atoms with Gasteiger partial charge in [0.2, 0.25) is 5.91 Å². The van der Waals surface area contributed by atoms with Crippen LogP contribution in [-0.2, 0) is 4.74 Å². The number of nitrogens with zero attached hydrogens (tertiary/aromatic N) is 3. The van der Waals surface area contributed by atoms with Crippen LogP contribution in [0.4, 0.5) is 5.82 Å². The minimum Gasteiger partial charge on any atom is -0.379 e. The molecular weight excluding hydrogens is 268 g/mol. The van der Waals surface area contributed by atoms with Gasteiger partial charge < -0.3 is 15.4 Å². The zero-order chi connectivity index (χ0) is 14.7. The first-order chi connectivity index (χ1) is 10.2. The Morgan fingerprint density at radius 1 is 1.19 bits per heavy atom. The van der Waals surface area contributed by atoms with Crippen LogP contribution in [0.2, 0.25) is 0 Å². The van der Waals surface area contributed by atoms with Crippen LogP contribution in [0.5, 0.6) is 0 Å². The van der Waals surface area contributed by atoms with Crippen LogP contribution in [0.1, 0.15) is 23.2 Å². The molecule has 6 heteroatoms. The number of amides is 1. The summed E-state index contributed by atoms with van der Waals surface area (Å²) in [5.41, 5.74) is 5.69. The maximum absolute atomic E-state index is 11.1. The van der Waals surface area contributed by atoms with Gasteiger partial charge in [0.05, 0.1) is 18.8 Å². The van der Waals surface area contributed by atoms with E-state index >= 15 is 0 Å². The number of pyridine rings is 1. The third-order valence-corrected chi connectivity index (χ3v) is 4.38. The predicted octanol–water partition coefficient (Wildman–Crippen LogP) is 0.482. The highest BCUT2D eigenvalue weighted by Gasteiger charge is 2.26. The van der Waals surface area contributed by atoms with Gasteiger partial charge in [-0.1, -0.05) is 0 Å². The Morgan fingerprint density at radius 3 is 2.48 bits per heavy atom. The summed E-state index contributed by atoms with van der Waals surface area (Å²) in [6.07, 6.45) is 3.87. The molecule has 0 bridgehead atoms. The van der Waals surface area contributed by atoms with Crippen molar-refractivity contribution in [2.75, 3.05) is 44.3 Å². The van der Waals surface area contributed by atoms with Gasteiger partial charge in [0.25, 0.3) is 0 Å². The molecule has 2 aliphatic rings. The van der Waals surface area contributed by atoms with Gasteiger partial charge in [0.15, 0.2) is 0 Å². The van der Waals surface area contributed by atoms with Gasteiger partial charge in [-0.25, -0.2) is 4.98 Å². The lowest BCUT2D eigenvalue weighted by atomic mass is 10.0. The Bertz CT molecular complexity index is 477. The van der Waals surface area contributed by atoms with Crippen molar-refractivity contribution in [3.63, 3.8) is 0 Å². The molecule has 1 aromatic rings. The number of morpholine rings is 1. The lowest BCUT2D eigenvalue weighted by Crippen LogP contribution is -2.49. The average molecular weight is 290 g/mol. The predicted molar refractivity (Wildman–Crippen MR) is 80.4 cm³/mol. The molecule has 114 valence electrons. The molecule has 0 saturated carbocycles. The Balaban J connectivity index is 1.56. The highest BCUT2D eigenvalue weighted by Crippen LogP contribution is 2.21. The number of nitrogens with two attached hydrogens (primary N) is 1. The second-order valence-electron chi connectivity index (χ2n) is 5.64. The van der Waals surface area contributed by atoms with E-state index in [1.807, 2.05) is 6.07 Å². The fraction of sp³-hybridized carbons (Fsp3) is 0.600. The number of primary amides is 1. The average Bonchev–Trinajstić information content (AvgIpc) is 2.56. The molecule has 0 unspecified atom stereocenters. The lowest BCUT2D eigenvalue weighted by Gasteiger charge is -2.40. The third-order valence-electron chi connectivity index (χ3n) is 4.38. The van der Waals surface area contributed by atoms with E-state index in [1.54, 1.807) is 12.3 Å². The number of aromatic nitrogens is 1. The van der Waals surface area contributed by atoms with Gasteiger partial charge in [0, 0.05) is 38.4 Å². The van der Waals surface area contributed by atoms with E-state index < -0.39 is 5.91 Å². The minimum absolute atomic E-state index is 0.430. The molecule has 2 saturated heterocycles. The quantitative estimate of drug-likeness (QED) is 0.877. The van der Waals surface area contributed by atoms with Crippen molar-refractivity contribution < 1.29 is 9.53 Å². The van der Waals surface area contributed by atoms with Gasteiger partial charge in [-0.3, -0.25) is 9.69 Å². The van der Waals surface area contributed by atoms with Crippen molar-refractivity contribution >= 4 is 11.7 Å².